The van der Waals surface area contributed by atoms with Gasteiger partial charge in [0, 0.05) is 11.8 Å². The average molecular weight is 667 g/mol. The molecule has 1 saturated heterocycles. The summed E-state index contributed by atoms with van der Waals surface area (Å²) in [6.45, 7) is -1.71. The Balaban J connectivity index is 2.28. The summed E-state index contributed by atoms with van der Waals surface area (Å²) in [7, 11) is -15.2. The maximum atomic E-state index is 13.5. The quantitative estimate of drug-likeness (QED) is 0.232. The van der Waals surface area contributed by atoms with Crippen LogP contribution < -0.4 is 11.2 Å². The van der Waals surface area contributed by atoms with E-state index in [1.54, 1.807) is 18.2 Å². The van der Waals surface area contributed by atoms with Crippen LogP contribution in [-0.4, -0.2) is 83.8 Å². The van der Waals surface area contributed by atoms with Crippen LogP contribution in [0, 0.1) is 6.92 Å². The van der Waals surface area contributed by atoms with Crippen molar-refractivity contribution in [1.82, 2.24) is 9.55 Å². The molecule has 42 heavy (non-hydrogen) atoms. The number of halogens is 3. The zero-order valence-electron chi connectivity index (χ0n) is 21.9. The molecule has 15 nitrogen and oxygen atoms in total. The van der Waals surface area contributed by atoms with Gasteiger partial charge in [0.15, 0.2) is 12.3 Å². The number of ether oxygens (including phenoxy) is 2. The fraction of sp³-hybridized carbons (Fsp3) is 0.524. The van der Waals surface area contributed by atoms with Gasteiger partial charge in [0.25, 0.3) is 25.8 Å². The van der Waals surface area contributed by atoms with Crippen molar-refractivity contribution in [3.63, 3.8) is 0 Å². The summed E-state index contributed by atoms with van der Waals surface area (Å²) in [6.07, 6.45) is -4.82. The van der Waals surface area contributed by atoms with Crippen LogP contribution in [0.4, 0.5) is 13.2 Å². The number of hydrogen-bond donors (Lipinski definition) is 1. The van der Waals surface area contributed by atoms with Crippen molar-refractivity contribution in [2.24, 2.45) is 0 Å². The lowest BCUT2D eigenvalue weighted by atomic mass is 9.96. The SMILES string of the molecule is Cc1cn([C@@H]2OC(COS(C)(=O)=O)(COS(C)(=O)=O)[C@@H](OCc3ccccc3)[C@@H]2OS(=O)(=O)C(F)(F)F)c(=O)[nH]c1=O. The average Bonchev–Trinajstić information content (AvgIpc) is 3.14. The lowest BCUT2D eigenvalue weighted by Crippen LogP contribution is -2.53. The highest BCUT2D eigenvalue weighted by Gasteiger charge is 2.62. The van der Waals surface area contributed by atoms with Gasteiger partial charge in [-0.3, -0.25) is 26.9 Å². The van der Waals surface area contributed by atoms with E-state index in [0.29, 0.717) is 22.6 Å². The van der Waals surface area contributed by atoms with Gasteiger partial charge in [-0.25, -0.2) is 4.79 Å². The third-order valence-corrected chi connectivity index (χ3v) is 7.84. The van der Waals surface area contributed by atoms with Crippen LogP contribution in [0.3, 0.4) is 0 Å². The largest absolute Gasteiger partial charge is 0.523 e. The topological polar surface area (TPSA) is 203 Å². The van der Waals surface area contributed by atoms with Gasteiger partial charge in [0.05, 0.1) is 19.1 Å². The molecular weight excluding hydrogens is 641 g/mol. The van der Waals surface area contributed by atoms with Crippen LogP contribution in [-0.2, 0) is 59.0 Å². The first-order chi connectivity index (χ1) is 19.1. The first kappa shape index (κ1) is 33.8. The highest BCUT2D eigenvalue weighted by Crippen LogP contribution is 2.44. The summed E-state index contributed by atoms with van der Waals surface area (Å²) >= 11 is 0. The van der Waals surface area contributed by atoms with Gasteiger partial charge in [-0.15, -0.1) is 0 Å². The second-order valence-corrected chi connectivity index (χ2v) is 14.0. The van der Waals surface area contributed by atoms with E-state index in [4.69, 9.17) is 17.8 Å². The number of hydrogen-bond acceptors (Lipinski definition) is 13. The zero-order chi connectivity index (χ0) is 31.7. The third kappa shape index (κ3) is 8.24. The number of aromatic nitrogens is 2. The Kier molecular flexibility index (Phi) is 9.79. The number of alkyl halides is 3. The first-order valence-corrected chi connectivity index (χ1v) is 16.5. The summed E-state index contributed by atoms with van der Waals surface area (Å²) in [6, 6.07) is 7.75. The maximum Gasteiger partial charge on any atom is 0.523 e. The molecule has 236 valence electrons. The van der Waals surface area contributed by atoms with Crippen molar-refractivity contribution >= 4 is 30.4 Å². The van der Waals surface area contributed by atoms with Crippen LogP contribution >= 0.6 is 0 Å². The standard InChI is InChI=1S/C21H25F3N2O13S3/c1-13-9-26(19(28)25-17(13)27)18-15(39-42(33,34)21(22,23)24)16(35-10-14-7-5-4-6-8-14)20(38-18,11-36-40(2,29)30)12-37-41(3,31)32/h4-9,15-16,18H,10-12H2,1-3H3,(H,25,27,28)/t15-,16-,18+/m0/s1. The summed E-state index contributed by atoms with van der Waals surface area (Å²) in [5.41, 5.74) is -10.6. The van der Waals surface area contributed by atoms with Gasteiger partial charge in [-0.2, -0.15) is 38.4 Å². The molecule has 0 amide bonds. The summed E-state index contributed by atoms with van der Waals surface area (Å²) in [5, 5.41) is 0. The normalized spacial score (nSPS) is 21.4. The Morgan fingerprint density at radius 2 is 1.52 bits per heavy atom. The zero-order valence-corrected chi connectivity index (χ0v) is 24.4. The minimum atomic E-state index is -6.47. The fourth-order valence-corrected chi connectivity index (χ4v) is 5.23. The van der Waals surface area contributed by atoms with Crippen LogP contribution in [0.15, 0.2) is 46.1 Å². The van der Waals surface area contributed by atoms with Gasteiger partial charge in [0.2, 0.25) is 0 Å². The molecule has 0 unspecified atom stereocenters. The highest BCUT2D eigenvalue weighted by molar-refractivity contribution is 7.87. The number of nitrogens with one attached hydrogen (secondary N) is 1. The minimum absolute atomic E-state index is 0.186. The van der Waals surface area contributed by atoms with Crippen molar-refractivity contribution in [2.75, 3.05) is 25.7 Å². The molecule has 1 fully saturated rings. The Morgan fingerprint density at radius 3 is 2.02 bits per heavy atom. The van der Waals surface area contributed by atoms with Gasteiger partial charge in [0.1, 0.15) is 24.9 Å². The van der Waals surface area contributed by atoms with Gasteiger partial charge < -0.3 is 9.47 Å². The number of aryl methyl sites for hydroxylation is 1. The summed E-state index contributed by atoms with van der Waals surface area (Å²) in [5.74, 6) is 0. The molecule has 0 bridgehead atoms. The lowest BCUT2D eigenvalue weighted by molar-refractivity contribution is -0.154. The van der Waals surface area contributed by atoms with Crippen molar-refractivity contribution in [3.8, 4) is 0 Å². The molecule has 2 heterocycles. The first-order valence-electron chi connectivity index (χ1n) is 11.5. The molecule has 1 aliphatic rings. The van der Waals surface area contributed by atoms with E-state index in [1.807, 2.05) is 4.98 Å². The lowest BCUT2D eigenvalue weighted by Gasteiger charge is -2.33. The van der Waals surface area contributed by atoms with E-state index in [-0.39, 0.29) is 5.56 Å². The monoisotopic (exact) mass is 666 g/mol. The molecule has 0 radical (unpaired) electrons. The molecular formula is C21H25F3N2O13S3. The van der Waals surface area contributed by atoms with Gasteiger partial charge >= 0.3 is 21.3 Å². The number of benzene rings is 1. The Hall–Kier alpha value is -2.66. The molecule has 0 saturated carbocycles. The highest BCUT2D eigenvalue weighted by atomic mass is 32.2. The molecule has 0 spiro atoms. The number of aromatic amines is 1. The molecule has 21 heteroatoms. The van der Waals surface area contributed by atoms with Crippen molar-refractivity contribution in [3.05, 3.63) is 68.5 Å². The molecule has 1 aromatic heterocycles. The molecule has 1 aliphatic heterocycles. The predicted octanol–water partition coefficient (Wildman–Crippen LogP) is -0.115. The van der Waals surface area contributed by atoms with Crippen LogP contribution in [0.2, 0.25) is 0 Å². The molecule has 3 rings (SSSR count). The van der Waals surface area contributed by atoms with E-state index in [2.05, 4.69) is 4.18 Å². The van der Waals surface area contributed by atoms with E-state index in [0.717, 1.165) is 6.20 Å². The van der Waals surface area contributed by atoms with E-state index in [9.17, 15) is 48.0 Å². The minimum Gasteiger partial charge on any atom is -0.367 e. The van der Waals surface area contributed by atoms with Crippen molar-refractivity contribution < 1.29 is 60.4 Å². The fourth-order valence-electron chi connectivity index (χ4n) is 3.81. The third-order valence-electron chi connectivity index (χ3n) is 5.70. The molecule has 3 atom stereocenters. The van der Waals surface area contributed by atoms with E-state index >= 15 is 0 Å². The summed E-state index contributed by atoms with van der Waals surface area (Å²) < 4.78 is 138. The molecule has 0 aliphatic carbocycles. The molecule has 1 aromatic carbocycles. The maximum absolute atomic E-state index is 13.5. The Labute approximate surface area is 237 Å². The Morgan fingerprint density at radius 1 is 0.976 bits per heavy atom. The van der Waals surface area contributed by atoms with E-state index < -0.39 is 91.0 Å². The van der Waals surface area contributed by atoms with Crippen molar-refractivity contribution in [1.29, 1.82) is 0 Å². The second-order valence-electron chi connectivity index (χ2n) is 9.16. The van der Waals surface area contributed by atoms with Crippen LogP contribution in [0.5, 0.6) is 0 Å². The van der Waals surface area contributed by atoms with E-state index in [1.165, 1.54) is 19.1 Å². The number of nitrogens with zero attached hydrogens (tertiary/aromatic N) is 1. The predicted molar refractivity (Wildman–Crippen MR) is 135 cm³/mol. The second kappa shape index (κ2) is 12.1. The number of rotatable bonds is 12. The Bertz CT molecular complexity index is 1690. The molecule has 1 N–H and O–H groups in total. The van der Waals surface area contributed by atoms with Crippen LogP contribution in [0.1, 0.15) is 17.4 Å². The molecule has 2 aromatic rings. The van der Waals surface area contributed by atoms with Gasteiger partial charge in [-0.05, 0) is 12.5 Å². The van der Waals surface area contributed by atoms with Crippen molar-refractivity contribution in [2.45, 2.75) is 43.1 Å². The number of H-pyrrole nitrogens is 1. The summed E-state index contributed by atoms with van der Waals surface area (Å²) in [4.78, 5) is 26.5. The van der Waals surface area contributed by atoms with Gasteiger partial charge in [-0.1, -0.05) is 30.3 Å². The smallest absolute Gasteiger partial charge is 0.367 e. The van der Waals surface area contributed by atoms with Crippen LogP contribution in [0.25, 0.3) is 0 Å².